The average Bonchev–Trinajstić information content (AvgIpc) is 3.02. The molecule has 2 aliphatic heterocycles. The Balaban J connectivity index is 1.69. The molecular formula is C14H20BrClN2S. The molecule has 0 spiro atoms. The molecule has 2 fully saturated rings. The van der Waals surface area contributed by atoms with E-state index in [9.17, 15) is 0 Å². The highest BCUT2D eigenvalue weighted by molar-refractivity contribution is 9.10. The molecule has 3 rings (SSSR count). The van der Waals surface area contributed by atoms with E-state index in [-0.39, 0.29) is 0 Å². The first-order valence-corrected chi connectivity index (χ1v) is 9.14. The minimum absolute atomic E-state index is 0.708. The van der Waals surface area contributed by atoms with Crippen LogP contribution in [0, 0.1) is 0 Å². The minimum atomic E-state index is 0.708. The Morgan fingerprint density at radius 1 is 1.37 bits per heavy atom. The second-order valence-electron chi connectivity index (χ2n) is 5.57. The van der Waals surface area contributed by atoms with Crippen LogP contribution in [0.1, 0.15) is 37.0 Å². The van der Waals surface area contributed by atoms with Crippen LogP contribution >= 0.6 is 38.9 Å². The summed E-state index contributed by atoms with van der Waals surface area (Å²) >= 11 is 11.4. The van der Waals surface area contributed by atoms with Crippen molar-refractivity contribution >= 4 is 38.9 Å². The van der Waals surface area contributed by atoms with Gasteiger partial charge in [-0.15, -0.1) is 11.3 Å². The lowest BCUT2D eigenvalue weighted by Crippen LogP contribution is -2.49. The average molecular weight is 364 g/mol. The molecule has 1 N–H and O–H groups in total. The minimum Gasteiger partial charge on any atom is -0.312 e. The Morgan fingerprint density at radius 3 is 2.95 bits per heavy atom. The summed E-state index contributed by atoms with van der Waals surface area (Å²) in [5.41, 5.74) is 0. The van der Waals surface area contributed by atoms with Gasteiger partial charge in [0, 0.05) is 28.0 Å². The van der Waals surface area contributed by atoms with Crippen molar-refractivity contribution in [2.45, 2.75) is 50.7 Å². The maximum atomic E-state index is 6.15. The van der Waals surface area contributed by atoms with Crippen molar-refractivity contribution in [1.29, 1.82) is 0 Å². The van der Waals surface area contributed by atoms with Crippen molar-refractivity contribution in [3.05, 3.63) is 19.8 Å². The number of nitrogens with zero attached hydrogens (tertiary/aromatic N) is 1. The van der Waals surface area contributed by atoms with E-state index in [0.29, 0.717) is 6.04 Å². The summed E-state index contributed by atoms with van der Waals surface area (Å²) < 4.78 is 1.92. The molecule has 2 atom stereocenters. The van der Waals surface area contributed by atoms with Gasteiger partial charge in [-0.1, -0.05) is 18.0 Å². The Morgan fingerprint density at radius 2 is 2.26 bits per heavy atom. The molecule has 0 amide bonds. The van der Waals surface area contributed by atoms with Gasteiger partial charge in [0.25, 0.3) is 0 Å². The first-order valence-electron chi connectivity index (χ1n) is 7.15. The standard InChI is InChI=1S/C14H20BrClN2S/c15-11-8-10(19-14(11)16)9-18-7-2-1-5-13(18)12-4-3-6-17-12/h8,12-13,17H,1-7,9H2. The zero-order chi connectivity index (χ0) is 13.2. The maximum absolute atomic E-state index is 6.15. The molecule has 1 aromatic rings. The fourth-order valence-corrected chi connectivity index (χ4v) is 5.19. The van der Waals surface area contributed by atoms with E-state index < -0.39 is 0 Å². The van der Waals surface area contributed by atoms with Crippen LogP contribution < -0.4 is 5.32 Å². The Kier molecular flexibility index (Phi) is 4.86. The summed E-state index contributed by atoms with van der Waals surface area (Å²) in [6.07, 6.45) is 6.75. The van der Waals surface area contributed by atoms with Crippen molar-refractivity contribution in [2.75, 3.05) is 13.1 Å². The molecule has 0 saturated carbocycles. The normalized spacial score (nSPS) is 28.9. The van der Waals surface area contributed by atoms with Gasteiger partial charge in [0.2, 0.25) is 0 Å². The molecule has 5 heteroatoms. The molecule has 0 aromatic carbocycles. The van der Waals surface area contributed by atoms with E-state index in [2.05, 4.69) is 32.2 Å². The molecule has 2 nitrogen and oxygen atoms in total. The summed E-state index contributed by atoms with van der Waals surface area (Å²) in [6, 6.07) is 3.61. The summed E-state index contributed by atoms with van der Waals surface area (Å²) in [5, 5.41) is 3.69. The molecule has 1 aromatic heterocycles. The van der Waals surface area contributed by atoms with Gasteiger partial charge in [-0.3, -0.25) is 4.90 Å². The van der Waals surface area contributed by atoms with Gasteiger partial charge in [-0.05, 0) is 60.8 Å². The second-order valence-corrected chi connectivity index (χ2v) is 8.16. The van der Waals surface area contributed by atoms with Gasteiger partial charge < -0.3 is 5.32 Å². The van der Waals surface area contributed by atoms with Crippen molar-refractivity contribution in [2.24, 2.45) is 0 Å². The van der Waals surface area contributed by atoms with Crippen LogP contribution in [0.2, 0.25) is 4.34 Å². The van der Waals surface area contributed by atoms with Gasteiger partial charge >= 0.3 is 0 Å². The number of nitrogens with one attached hydrogen (secondary N) is 1. The smallest absolute Gasteiger partial charge is 0.107 e. The van der Waals surface area contributed by atoms with Crippen molar-refractivity contribution in [1.82, 2.24) is 10.2 Å². The number of hydrogen-bond acceptors (Lipinski definition) is 3. The lowest BCUT2D eigenvalue weighted by Gasteiger charge is -2.39. The molecule has 106 valence electrons. The summed E-state index contributed by atoms with van der Waals surface area (Å²) in [6.45, 7) is 3.49. The van der Waals surface area contributed by atoms with E-state index in [1.165, 1.54) is 50.1 Å². The topological polar surface area (TPSA) is 15.3 Å². The summed E-state index contributed by atoms with van der Waals surface area (Å²) in [7, 11) is 0. The van der Waals surface area contributed by atoms with Crippen molar-refractivity contribution in [3.8, 4) is 0 Å². The molecule has 0 radical (unpaired) electrons. The highest BCUT2D eigenvalue weighted by Gasteiger charge is 2.31. The van der Waals surface area contributed by atoms with Gasteiger partial charge in [0.15, 0.2) is 0 Å². The van der Waals surface area contributed by atoms with E-state index in [4.69, 9.17) is 11.6 Å². The fraction of sp³-hybridized carbons (Fsp3) is 0.714. The largest absolute Gasteiger partial charge is 0.312 e. The van der Waals surface area contributed by atoms with Crippen LogP contribution in [-0.2, 0) is 6.54 Å². The lowest BCUT2D eigenvalue weighted by molar-refractivity contribution is 0.113. The van der Waals surface area contributed by atoms with Crippen LogP contribution in [0.25, 0.3) is 0 Å². The van der Waals surface area contributed by atoms with Gasteiger partial charge in [-0.2, -0.15) is 0 Å². The Bertz CT molecular complexity index is 412. The Hall–Kier alpha value is 0.390. The number of likely N-dealkylation sites (tertiary alicyclic amines) is 1. The molecule has 2 aliphatic rings. The van der Waals surface area contributed by atoms with Gasteiger partial charge in [0.1, 0.15) is 4.34 Å². The van der Waals surface area contributed by atoms with Gasteiger partial charge in [0.05, 0.1) is 0 Å². The molecular weight excluding hydrogens is 344 g/mol. The monoisotopic (exact) mass is 362 g/mol. The van der Waals surface area contributed by atoms with E-state index in [1.807, 2.05) is 0 Å². The zero-order valence-corrected chi connectivity index (χ0v) is 14.2. The van der Waals surface area contributed by atoms with E-state index in [1.54, 1.807) is 11.3 Å². The van der Waals surface area contributed by atoms with Gasteiger partial charge in [-0.25, -0.2) is 0 Å². The van der Waals surface area contributed by atoms with Crippen molar-refractivity contribution in [3.63, 3.8) is 0 Å². The third-order valence-corrected chi connectivity index (χ3v) is 6.74. The Labute approximate surface area is 132 Å². The number of rotatable bonds is 3. The number of halogens is 2. The van der Waals surface area contributed by atoms with Crippen molar-refractivity contribution < 1.29 is 0 Å². The predicted octanol–water partition coefficient (Wildman–Crippen LogP) is 4.27. The van der Waals surface area contributed by atoms with Crippen LogP contribution in [0.4, 0.5) is 0 Å². The molecule has 0 aliphatic carbocycles. The fourth-order valence-electron chi connectivity index (χ4n) is 3.38. The molecule has 2 unspecified atom stereocenters. The quantitative estimate of drug-likeness (QED) is 0.862. The van der Waals surface area contributed by atoms with Crippen LogP contribution in [0.15, 0.2) is 10.5 Å². The highest BCUT2D eigenvalue weighted by Crippen LogP contribution is 2.34. The maximum Gasteiger partial charge on any atom is 0.107 e. The highest BCUT2D eigenvalue weighted by atomic mass is 79.9. The molecule has 19 heavy (non-hydrogen) atoms. The third-order valence-electron chi connectivity index (χ3n) is 4.28. The first-order chi connectivity index (χ1) is 9.24. The van der Waals surface area contributed by atoms with Crippen LogP contribution in [-0.4, -0.2) is 30.1 Å². The van der Waals surface area contributed by atoms with Crippen LogP contribution in [0.5, 0.6) is 0 Å². The predicted molar refractivity (Wildman–Crippen MR) is 86.1 cm³/mol. The summed E-state index contributed by atoms with van der Waals surface area (Å²) in [5.74, 6) is 0. The number of hydrogen-bond donors (Lipinski definition) is 1. The molecule has 3 heterocycles. The van der Waals surface area contributed by atoms with E-state index in [0.717, 1.165) is 21.4 Å². The van der Waals surface area contributed by atoms with Crippen LogP contribution in [0.3, 0.4) is 0 Å². The molecule has 0 bridgehead atoms. The zero-order valence-electron chi connectivity index (χ0n) is 11.0. The number of thiophene rings is 1. The molecule has 2 saturated heterocycles. The third kappa shape index (κ3) is 3.35. The first kappa shape index (κ1) is 14.3. The van der Waals surface area contributed by atoms with E-state index >= 15 is 0 Å². The second kappa shape index (κ2) is 6.44. The lowest BCUT2D eigenvalue weighted by atomic mass is 9.94. The SMILES string of the molecule is Clc1sc(CN2CCCCC2C2CCCN2)cc1Br. The number of piperidine rings is 1. The summed E-state index contributed by atoms with van der Waals surface area (Å²) in [4.78, 5) is 4.04.